The Hall–Kier alpha value is -1.78. The minimum Gasteiger partial charge on any atom is -0.338 e. The largest absolute Gasteiger partial charge is 0.338 e. The van der Waals surface area contributed by atoms with Crippen LogP contribution in [0.15, 0.2) is 59.6 Å². The van der Waals surface area contributed by atoms with Gasteiger partial charge in [-0.2, -0.15) is 0 Å². The predicted octanol–water partition coefficient (Wildman–Crippen LogP) is 4.10. The number of benzene rings is 2. The van der Waals surface area contributed by atoms with Crippen LogP contribution in [0.2, 0.25) is 5.02 Å². The van der Waals surface area contributed by atoms with Gasteiger partial charge in [0, 0.05) is 11.6 Å². The molecule has 21 heavy (non-hydrogen) atoms. The maximum atomic E-state index is 11.7. The number of thioether (sulfide) groups is 1. The highest BCUT2D eigenvalue weighted by Crippen LogP contribution is 2.26. The van der Waals surface area contributed by atoms with Gasteiger partial charge in [-0.05, 0) is 35.5 Å². The zero-order valence-corrected chi connectivity index (χ0v) is 12.8. The molecule has 0 N–H and O–H groups in total. The number of rotatable bonds is 3. The first-order chi connectivity index (χ1) is 10.2. The van der Waals surface area contributed by atoms with Crippen molar-refractivity contribution >= 4 is 39.3 Å². The molecule has 0 aliphatic carbocycles. The summed E-state index contributed by atoms with van der Waals surface area (Å²) in [5.74, 6) is 0. The maximum absolute atomic E-state index is 11.7. The van der Waals surface area contributed by atoms with E-state index in [2.05, 4.69) is 4.99 Å². The number of carbonyl (C=O) groups is 1. The minimum atomic E-state index is 0.117. The topological polar surface area (TPSA) is 32.7 Å². The highest BCUT2D eigenvalue weighted by atomic mass is 35.5. The number of carbonyl (C=O) groups excluding carboxylic acids is 1. The Bertz CT molecular complexity index is 688. The lowest BCUT2D eigenvalue weighted by Crippen LogP contribution is -2.24. The number of nitrogens with zero attached hydrogens (tertiary/aromatic N) is 2. The lowest BCUT2D eigenvalue weighted by Gasteiger charge is -2.16. The van der Waals surface area contributed by atoms with E-state index in [1.165, 1.54) is 11.8 Å². The van der Waals surface area contributed by atoms with Crippen LogP contribution in [0, 0.1) is 0 Å². The molecule has 0 aromatic heterocycles. The van der Waals surface area contributed by atoms with Gasteiger partial charge in [-0.1, -0.05) is 48.0 Å². The highest BCUT2D eigenvalue weighted by Gasteiger charge is 2.26. The van der Waals surface area contributed by atoms with Crippen LogP contribution in [-0.2, 0) is 11.3 Å². The number of hydrogen-bond acceptors (Lipinski definition) is 3. The van der Waals surface area contributed by atoms with Crippen LogP contribution in [0.1, 0.15) is 5.56 Å². The standard InChI is InChI=1S/C16H13ClN2OS/c17-13-7-4-8-14(9-13)18-16-19(11-15(20)21-16)10-12-5-2-1-3-6-12/h1-9H,10-11H2. The van der Waals surface area contributed by atoms with Crippen molar-refractivity contribution in [1.82, 2.24) is 4.90 Å². The molecule has 1 aliphatic rings. The quantitative estimate of drug-likeness (QED) is 0.854. The van der Waals surface area contributed by atoms with Gasteiger partial charge in [-0.3, -0.25) is 4.79 Å². The third kappa shape index (κ3) is 3.65. The van der Waals surface area contributed by atoms with Crippen molar-refractivity contribution in [3.8, 4) is 0 Å². The van der Waals surface area contributed by atoms with Crippen LogP contribution in [0.4, 0.5) is 5.69 Å². The number of amidine groups is 1. The molecule has 0 saturated carbocycles. The molecule has 1 aliphatic heterocycles. The van der Waals surface area contributed by atoms with E-state index in [0.29, 0.717) is 18.1 Å². The number of aliphatic imine (C=N–C) groups is 1. The van der Waals surface area contributed by atoms with Crippen molar-refractivity contribution in [3.63, 3.8) is 0 Å². The molecule has 1 heterocycles. The van der Waals surface area contributed by atoms with E-state index in [9.17, 15) is 4.79 Å². The second-order valence-electron chi connectivity index (χ2n) is 4.69. The van der Waals surface area contributed by atoms with E-state index in [4.69, 9.17) is 11.6 Å². The summed E-state index contributed by atoms with van der Waals surface area (Å²) in [5, 5.41) is 1.48. The van der Waals surface area contributed by atoms with Crippen molar-refractivity contribution in [1.29, 1.82) is 0 Å². The first-order valence-corrected chi connectivity index (χ1v) is 7.74. The van der Waals surface area contributed by atoms with Gasteiger partial charge in [0.05, 0.1) is 12.2 Å². The van der Waals surface area contributed by atoms with Crippen molar-refractivity contribution in [2.45, 2.75) is 6.54 Å². The summed E-state index contributed by atoms with van der Waals surface area (Å²) in [4.78, 5) is 18.3. The average Bonchev–Trinajstić information content (AvgIpc) is 2.80. The molecule has 0 atom stereocenters. The van der Waals surface area contributed by atoms with E-state index < -0.39 is 0 Å². The molecule has 0 amide bonds. The molecule has 2 aromatic rings. The lowest BCUT2D eigenvalue weighted by atomic mass is 10.2. The molecule has 2 aromatic carbocycles. The zero-order chi connectivity index (χ0) is 14.7. The van der Waals surface area contributed by atoms with E-state index >= 15 is 0 Å². The first-order valence-electron chi connectivity index (χ1n) is 6.54. The Morgan fingerprint density at radius 1 is 1.14 bits per heavy atom. The van der Waals surface area contributed by atoms with Crippen LogP contribution in [0.5, 0.6) is 0 Å². The van der Waals surface area contributed by atoms with Crippen molar-refractivity contribution in [2.24, 2.45) is 4.99 Å². The van der Waals surface area contributed by atoms with Crippen molar-refractivity contribution < 1.29 is 4.79 Å². The van der Waals surface area contributed by atoms with Crippen LogP contribution in [0.25, 0.3) is 0 Å². The molecule has 106 valence electrons. The third-order valence-corrected chi connectivity index (χ3v) is 4.17. The summed E-state index contributed by atoms with van der Waals surface area (Å²) in [5.41, 5.74) is 1.92. The van der Waals surface area contributed by atoms with Crippen molar-refractivity contribution in [3.05, 3.63) is 65.2 Å². The molecule has 0 radical (unpaired) electrons. The maximum Gasteiger partial charge on any atom is 0.215 e. The van der Waals surface area contributed by atoms with Gasteiger partial charge in [0.25, 0.3) is 0 Å². The summed E-state index contributed by atoms with van der Waals surface area (Å²) in [7, 11) is 0. The number of hydrogen-bond donors (Lipinski definition) is 0. The van der Waals surface area contributed by atoms with E-state index in [1.807, 2.05) is 47.4 Å². The highest BCUT2D eigenvalue weighted by molar-refractivity contribution is 8.26. The summed E-state index contributed by atoms with van der Waals surface area (Å²) in [6, 6.07) is 17.4. The van der Waals surface area contributed by atoms with E-state index in [-0.39, 0.29) is 5.12 Å². The van der Waals surface area contributed by atoms with Gasteiger partial charge in [0.15, 0.2) is 5.17 Å². The van der Waals surface area contributed by atoms with Crippen molar-refractivity contribution in [2.75, 3.05) is 6.54 Å². The molecule has 1 saturated heterocycles. The molecular formula is C16H13ClN2OS. The van der Waals surface area contributed by atoms with Gasteiger partial charge in [0.1, 0.15) is 0 Å². The zero-order valence-electron chi connectivity index (χ0n) is 11.2. The normalized spacial score (nSPS) is 16.7. The smallest absolute Gasteiger partial charge is 0.215 e. The fourth-order valence-corrected chi connectivity index (χ4v) is 3.12. The van der Waals surface area contributed by atoms with Crippen LogP contribution >= 0.6 is 23.4 Å². The van der Waals surface area contributed by atoms with Crippen LogP contribution in [0.3, 0.4) is 0 Å². The summed E-state index contributed by atoms with van der Waals surface area (Å²) >= 11 is 7.16. The lowest BCUT2D eigenvalue weighted by molar-refractivity contribution is -0.110. The van der Waals surface area contributed by atoms with E-state index in [0.717, 1.165) is 16.4 Å². The fraction of sp³-hybridized carbons (Fsp3) is 0.125. The summed E-state index contributed by atoms with van der Waals surface area (Å²) in [6.45, 7) is 1.07. The minimum absolute atomic E-state index is 0.117. The van der Waals surface area contributed by atoms with Crippen LogP contribution in [-0.4, -0.2) is 21.7 Å². The first kappa shape index (κ1) is 14.2. The Morgan fingerprint density at radius 3 is 2.71 bits per heavy atom. The molecule has 0 bridgehead atoms. The molecule has 0 spiro atoms. The van der Waals surface area contributed by atoms with Crippen LogP contribution < -0.4 is 0 Å². The second kappa shape index (κ2) is 6.33. The molecule has 3 rings (SSSR count). The molecule has 0 unspecified atom stereocenters. The fourth-order valence-electron chi connectivity index (χ4n) is 2.10. The van der Waals surface area contributed by atoms with Gasteiger partial charge < -0.3 is 4.90 Å². The third-order valence-electron chi connectivity index (χ3n) is 3.04. The Morgan fingerprint density at radius 2 is 1.95 bits per heavy atom. The van der Waals surface area contributed by atoms with E-state index in [1.54, 1.807) is 12.1 Å². The van der Waals surface area contributed by atoms with Gasteiger partial charge in [-0.25, -0.2) is 4.99 Å². The molecular weight excluding hydrogens is 304 g/mol. The summed E-state index contributed by atoms with van der Waals surface area (Å²) in [6.07, 6.45) is 0. The predicted molar refractivity (Wildman–Crippen MR) is 88.0 cm³/mol. The second-order valence-corrected chi connectivity index (χ2v) is 6.15. The molecule has 1 fully saturated rings. The summed E-state index contributed by atoms with van der Waals surface area (Å²) < 4.78 is 0. The molecule has 3 nitrogen and oxygen atoms in total. The Labute approximate surface area is 132 Å². The Balaban J connectivity index is 1.84. The monoisotopic (exact) mass is 316 g/mol. The number of halogens is 1. The van der Waals surface area contributed by atoms with Gasteiger partial charge in [0.2, 0.25) is 5.12 Å². The SMILES string of the molecule is O=C1CN(Cc2ccccc2)C(=Nc2cccc(Cl)c2)S1. The van der Waals surface area contributed by atoms with Gasteiger partial charge >= 0.3 is 0 Å². The average molecular weight is 317 g/mol. The Kier molecular flexibility index (Phi) is 4.27. The van der Waals surface area contributed by atoms with Gasteiger partial charge in [-0.15, -0.1) is 0 Å². The molecule has 5 heteroatoms.